The molecule has 0 aliphatic heterocycles. The Bertz CT molecular complexity index is 877. The lowest BCUT2D eigenvalue weighted by Crippen LogP contribution is -2.16. The smallest absolute Gasteiger partial charge is 0.182 e. The summed E-state index contributed by atoms with van der Waals surface area (Å²) in [6.45, 7) is 1.73. The molecule has 7 heteroatoms. The van der Waals surface area contributed by atoms with Crippen LogP contribution in [0.3, 0.4) is 0 Å². The number of carbonyl (C=O) groups excluding carboxylic acids is 1. The number of aliphatic hydroxyl groups is 1. The Kier molecular flexibility index (Phi) is 4.95. The standard InChI is InChI=1S/C18H21N5O2/c1-22(2)10-5-9-19-18-17(15-6-3-4-11-23(15)21-18)20-14-8-7-13(24)12-16(14)25/h3-4,6-8,11-12,25H,5,9-10H2,1-2H3,(H,19,21). The van der Waals surface area contributed by atoms with Gasteiger partial charge in [-0.05, 0) is 51.3 Å². The van der Waals surface area contributed by atoms with Crippen LogP contribution in [0.25, 0.3) is 5.52 Å². The molecule has 1 aliphatic carbocycles. The fourth-order valence-corrected chi connectivity index (χ4v) is 2.54. The van der Waals surface area contributed by atoms with E-state index in [9.17, 15) is 9.90 Å². The van der Waals surface area contributed by atoms with Gasteiger partial charge >= 0.3 is 0 Å². The van der Waals surface area contributed by atoms with Gasteiger partial charge in [-0.3, -0.25) is 4.79 Å². The van der Waals surface area contributed by atoms with Crippen LogP contribution in [0.15, 0.2) is 53.4 Å². The van der Waals surface area contributed by atoms with Crippen molar-refractivity contribution in [3.05, 3.63) is 48.4 Å². The first-order chi connectivity index (χ1) is 12.0. The van der Waals surface area contributed by atoms with Gasteiger partial charge in [0.05, 0.1) is 5.52 Å². The van der Waals surface area contributed by atoms with Crippen molar-refractivity contribution in [3.63, 3.8) is 0 Å². The maximum Gasteiger partial charge on any atom is 0.182 e. The minimum atomic E-state index is -0.252. The van der Waals surface area contributed by atoms with E-state index in [2.05, 4.69) is 20.3 Å². The summed E-state index contributed by atoms with van der Waals surface area (Å²) in [5, 5.41) is 17.8. The van der Waals surface area contributed by atoms with Crippen LogP contribution < -0.4 is 5.32 Å². The topological polar surface area (TPSA) is 82.2 Å². The van der Waals surface area contributed by atoms with E-state index in [0.717, 1.165) is 31.1 Å². The SMILES string of the molecule is CN(C)CCCNc1nn2ccccc2c1N=C1C=CC(=O)C=C1O. The lowest BCUT2D eigenvalue weighted by atomic mass is 10.1. The molecule has 0 radical (unpaired) electrons. The molecule has 2 aromatic rings. The van der Waals surface area contributed by atoms with Crippen molar-refractivity contribution in [1.29, 1.82) is 0 Å². The average Bonchev–Trinajstić information content (AvgIpc) is 2.92. The van der Waals surface area contributed by atoms with Crippen molar-refractivity contribution in [2.75, 3.05) is 32.5 Å². The highest BCUT2D eigenvalue weighted by Crippen LogP contribution is 2.30. The third kappa shape index (κ3) is 3.95. The largest absolute Gasteiger partial charge is 0.506 e. The zero-order chi connectivity index (χ0) is 17.8. The van der Waals surface area contributed by atoms with Crippen molar-refractivity contribution >= 4 is 28.5 Å². The Morgan fingerprint density at radius 1 is 1.32 bits per heavy atom. The zero-order valence-corrected chi connectivity index (χ0v) is 14.3. The molecular formula is C18H21N5O2. The molecule has 0 saturated carbocycles. The van der Waals surface area contributed by atoms with Crippen LogP contribution >= 0.6 is 0 Å². The van der Waals surface area contributed by atoms with Crippen LogP contribution in [0.5, 0.6) is 0 Å². The maximum absolute atomic E-state index is 11.3. The third-order valence-corrected chi connectivity index (χ3v) is 3.77. The van der Waals surface area contributed by atoms with Gasteiger partial charge in [0.1, 0.15) is 17.2 Å². The normalized spacial score (nSPS) is 16.0. The van der Waals surface area contributed by atoms with Crippen molar-refractivity contribution < 1.29 is 9.90 Å². The molecule has 2 aromatic heterocycles. The minimum absolute atomic E-state index is 0.138. The molecule has 130 valence electrons. The third-order valence-electron chi connectivity index (χ3n) is 3.77. The fraction of sp³-hybridized carbons (Fsp3) is 0.278. The molecule has 0 saturated heterocycles. The quantitative estimate of drug-likeness (QED) is 0.624. The number of aliphatic imine (C=N–C) groups is 1. The molecule has 25 heavy (non-hydrogen) atoms. The summed E-state index contributed by atoms with van der Waals surface area (Å²) < 4.78 is 1.74. The Hall–Kier alpha value is -2.93. The number of carbonyl (C=O) groups is 1. The Morgan fingerprint density at radius 2 is 2.16 bits per heavy atom. The molecule has 2 N–H and O–H groups in total. The summed E-state index contributed by atoms with van der Waals surface area (Å²) in [5.74, 6) is 0.259. The van der Waals surface area contributed by atoms with Gasteiger partial charge in [0.2, 0.25) is 0 Å². The lowest BCUT2D eigenvalue weighted by molar-refractivity contribution is -0.110. The first-order valence-electron chi connectivity index (χ1n) is 8.12. The van der Waals surface area contributed by atoms with E-state index in [4.69, 9.17) is 0 Å². The van der Waals surface area contributed by atoms with E-state index >= 15 is 0 Å². The number of fused-ring (bicyclic) bond motifs is 1. The number of nitrogens with zero attached hydrogens (tertiary/aromatic N) is 4. The van der Waals surface area contributed by atoms with Gasteiger partial charge in [-0.2, -0.15) is 0 Å². The highest BCUT2D eigenvalue weighted by Gasteiger charge is 2.15. The molecule has 0 spiro atoms. The zero-order valence-electron chi connectivity index (χ0n) is 14.3. The second-order valence-electron chi connectivity index (χ2n) is 6.07. The first-order valence-corrected chi connectivity index (χ1v) is 8.12. The van der Waals surface area contributed by atoms with Crippen LogP contribution in [-0.4, -0.2) is 58.3 Å². The van der Waals surface area contributed by atoms with Gasteiger partial charge in [0.25, 0.3) is 0 Å². The summed E-state index contributed by atoms with van der Waals surface area (Å²) in [7, 11) is 4.07. The Balaban J connectivity index is 1.92. The molecule has 0 fully saturated rings. The number of rotatable bonds is 6. The Morgan fingerprint density at radius 3 is 2.92 bits per heavy atom. The number of allylic oxidation sites excluding steroid dienone is 3. The maximum atomic E-state index is 11.3. The van der Waals surface area contributed by atoms with Gasteiger partial charge in [0.15, 0.2) is 11.6 Å². The van der Waals surface area contributed by atoms with Crippen LogP contribution in [0.1, 0.15) is 6.42 Å². The average molecular weight is 339 g/mol. The number of hydrogen-bond donors (Lipinski definition) is 2. The molecule has 1 aliphatic rings. The monoisotopic (exact) mass is 339 g/mol. The highest BCUT2D eigenvalue weighted by atomic mass is 16.3. The van der Waals surface area contributed by atoms with Gasteiger partial charge in [-0.1, -0.05) is 6.07 Å². The van der Waals surface area contributed by atoms with Crippen LogP contribution in [-0.2, 0) is 4.79 Å². The molecule has 2 heterocycles. The van der Waals surface area contributed by atoms with Gasteiger partial charge < -0.3 is 15.3 Å². The molecule has 0 aromatic carbocycles. The van der Waals surface area contributed by atoms with Crippen molar-refractivity contribution in [2.45, 2.75) is 6.42 Å². The van der Waals surface area contributed by atoms with Crippen LogP contribution in [0, 0.1) is 0 Å². The summed E-state index contributed by atoms with van der Waals surface area (Å²) in [6, 6.07) is 5.71. The van der Waals surface area contributed by atoms with E-state index in [-0.39, 0.29) is 11.5 Å². The van der Waals surface area contributed by atoms with Gasteiger partial charge in [0, 0.05) is 18.8 Å². The van der Waals surface area contributed by atoms with E-state index < -0.39 is 0 Å². The number of pyridine rings is 1. The number of aliphatic hydroxyl groups excluding tert-OH is 1. The molecule has 0 amide bonds. The molecule has 7 nitrogen and oxygen atoms in total. The second kappa shape index (κ2) is 7.31. The predicted molar refractivity (Wildman–Crippen MR) is 98.8 cm³/mol. The molecule has 0 atom stereocenters. The van der Waals surface area contributed by atoms with Crippen LogP contribution in [0.4, 0.5) is 11.5 Å². The molecule has 0 unspecified atom stereocenters. The number of anilines is 1. The summed E-state index contributed by atoms with van der Waals surface area (Å²) in [6.07, 6.45) is 6.87. The highest BCUT2D eigenvalue weighted by molar-refractivity contribution is 6.19. The molecular weight excluding hydrogens is 318 g/mol. The number of hydrogen-bond acceptors (Lipinski definition) is 6. The summed E-state index contributed by atoms with van der Waals surface area (Å²) in [4.78, 5) is 18.0. The van der Waals surface area contributed by atoms with Crippen molar-refractivity contribution in [2.24, 2.45) is 4.99 Å². The lowest BCUT2D eigenvalue weighted by Gasteiger charge is -2.10. The van der Waals surface area contributed by atoms with Gasteiger partial charge in [-0.15, -0.1) is 5.10 Å². The second-order valence-corrected chi connectivity index (χ2v) is 6.07. The van der Waals surface area contributed by atoms with Crippen molar-refractivity contribution in [1.82, 2.24) is 14.5 Å². The summed E-state index contributed by atoms with van der Waals surface area (Å²) in [5.41, 5.74) is 1.80. The van der Waals surface area contributed by atoms with Crippen LogP contribution in [0.2, 0.25) is 0 Å². The van der Waals surface area contributed by atoms with E-state index in [1.54, 1.807) is 4.52 Å². The van der Waals surface area contributed by atoms with Gasteiger partial charge in [-0.25, -0.2) is 9.51 Å². The number of ketones is 1. The van der Waals surface area contributed by atoms with E-state index in [1.807, 2.05) is 38.5 Å². The number of nitrogens with one attached hydrogen (secondary N) is 1. The van der Waals surface area contributed by atoms with Crippen molar-refractivity contribution in [3.8, 4) is 0 Å². The fourth-order valence-electron chi connectivity index (χ4n) is 2.54. The predicted octanol–water partition coefficient (Wildman–Crippen LogP) is 2.35. The molecule has 0 bridgehead atoms. The first kappa shape index (κ1) is 16.9. The van der Waals surface area contributed by atoms with E-state index in [0.29, 0.717) is 17.2 Å². The molecule has 3 rings (SSSR count). The minimum Gasteiger partial charge on any atom is -0.506 e. The van der Waals surface area contributed by atoms with E-state index in [1.165, 1.54) is 12.2 Å². The Labute approximate surface area is 146 Å². The summed E-state index contributed by atoms with van der Waals surface area (Å²) >= 11 is 0. The number of aromatic nitrogens is 2.